The summed E-state index contributed by atoms with van der Waals surface area (Å²) in [6.45, 7) is 4.24. The minimum atomic E-state index is -0.327. The highest BCUT2D eigenvalue weighted by molar-refractivity contribution is 5.97. The van der Waals surface area contributed by atoms with Crippen molar-refractivity contribution in [2.24, 2.45) is 0 Å². The molecule has 0 saturated heterocycles. The predicted octanol–water partition coefficient (Wildman–Crippen LogP) is 0.835. The minimum Gasteiger partial charge on any atom is -0.395 e. The van der Waals surface area contributed by atoms with Crippen LogP contribution in [0.2, 0.25) is 0 Å². The zero-order chi connectivity index (χ0) is 13.8. The van der Waals surface area contributed by atoms with Crippen molar-refractivity contribution in [3.8, 4) is 0 Å². The molecule has 0 unspecified atom stereocenters. The Morgan fingerprint density at radius 2 is 2.32 bits per heavy atom. The third kappa shape index (κ3) is 2.87. The van der Waals surface area contributed by atoms with Gasteiger partial charge in [-0.15, -0.1) is 0 Å². The lowest BCUT2D eigenvalue weighted by molar-refractivity contribution is 0.0946. The highest BCUT2D eigenvalue weighted by Gasteiger charge is 2.18. The summed E-state index contributed by atoms with van der Waals surface area (Å²) in [7, 11) is 0. The highest BCUT2D eigenvalue weighted by Crippen LogP contribution is 2.21. The summed E-state index contributed by atoms with van der Waals surface area (Å²) in [5, 5.41) is 17.1. The SMILES string of the molecule is CC(C)c1[nH]nc(C(=O)NCc2cccnn2)c1N. The van der Waals surface area contributed by atoms with Gasteiger partial charge in [0.15, 0.2) is 5.69 Å². The van der Waals surface area contributed by atoms with Gasteiger partial charge in [0.1, 0.15) is 0 Å². The number of carbonyl (C=O) groups is 1. The summed E-state index contributed by atoms with van der Waals surface area (Å²) in [5.41, 5.74) is 7.95. The molecule has 2 heterocycles. The second-order valence-corrected chi connectivity index (χ2v) is 4.45. The summed E-state index contributed by atoms with van der Waals surface area (Å²) < 4.78 is 0. The summed E-state index contributed by atoms with van der Waals surface area (Å²) >= 11 is 0. The first-order valence-corrected chi connectivity index (χ1v) is 5.98. The van der Waals surface area contributed by atoms with Crippen LogP contribution in [0.3, 0.4) is 0 Å². The minimum absolute atomic E-state index is 0.189. The van der Waals surface area contributed by atoms with E-state index in [2.05, 4.69) is 25.7 Å². The number of aromatic amines is 1. The summed E-state index contributed by atoms with van der Waals surface area (Å²) in [4.78, 5) is 12.0. The number of nitrogens with two attached hydrogens (primary N) is 1. The molecule has 0 aliphatic heterocycles. The molecule has 0 bridgehead atoms. The first-order chi connectivity index (χ1) is 9.09. The molecule has 4 N–H and O–H groups in total. The molecule has 0 aliphatic rings. The van der Waals surface area contributed by atoms with Crippen LogP contribution in [0.4, 0.5) is 5.69 Å². The Labute approximate surface area is 110 Å². The molecule has 0 atom stereocenters. The molecule has 19 heavy (non-hydrogen) atoms. The van der Waals surface area contributed by atoms with Crippen molar-refractivity contribution < 1.29 is 4.79 Å². The lowest BCUT2D eigenvalue weighted by atomic mass is 10.1. The zero-order valence-corrected chi connectivity index (χ0v) is 10.8. The molecule has 2 aromatic rings. The molecule has 0 aromatic carbocycles. The van der Waals surface area contributed by atoms with Gasteiger partial charge in [-0.3, -0.25) is 9.89 Å². The van der Waals surface area contributed by atoms with Crippen LogP contribution >= 0.6 is 0 Å². The molecule has 0 radical (unpaired) electrons. The monoisotopic (exact) mass is 260 g/mol. The number of carbonyl (C=O) groups excluding carboxylic acids is 1. The number of anilines is 1. The fraction of sp³-hybridized carbons (Fsp3) is 0.333. The third-order valence-corrected chi connectivity index (χ3v) is 2.68. The van der Waals surface area contributed by atoms with Crippen molar-refractivity contribution in [2.45, 2.75) is 26.3 Å². The number of hydrogen-bond acceptors (Lipinski definition) is 5. The van der Waals surface area contributed by atoms with Gasteiger partial charge >= 0.3 is 0 Å². The van der Waals surface area contributed by atoms with Gasteiger partial charge in [0.05, 0.1) is 23.6 Å². The van der Waals surface area contributed by atoms with E-state index < -0.39 is 0 Å². The second kappa shape index (κ2) is 5.47. The lowest BCUT2D eigenvalue weighted by Crippen LogP contribution is -2.24. The number of nitrogens with one attached hydrogen (secondary N) is 2. The van der Waals surface area contributed by atoms with Crippen LogP contribution in [0, 0.1) is 0 Å². The molecular formula is C12H16N6O. The summed E-state index contributed by atoms with van der Waals surface area (Å²) in [5.74, 6) is -0.139. The lowest BCUT2D eigenvalue weighted by Gasteiger charge is -2.04. The number of nitrogen functional groups attached to an aromatic ring is 1. The molecule has 2 aromatic heterocycles. The van der Waals surface area contributed by atoms with Crippen molar-refractivity contribution in [1.29, 1.82) is 0 Å². The van der Waals surface area contributed by atoms with Gasteiger partial charge in [0, 0.05) is 6.20 Å². The molecule has 2 rings (SSSR count). The molecule has 1 amide bonds. The van der Waals surface area contributed by atoms with Crippen LogP contribution in [-0.2, 0) is 6.54 Å². The summed E-state index contributed by atoms with van der Waals surface area (Å²) in [6, 6.07) is 3.54. The van der Waals surface area contributed by atoms with Gasteiger partial charge < -0.3 is 11.1 Å². The number of nitrogens with zero attached hydrogens (tertiary/aromatic N) is 3. The molecule has 7 heteroatoms. The Bertz CT molecular complexity index is 563. The van der Waals surface area contributed by atoms with E-state index in [4.69, 9.17) is 5.73 Å². The van der Waals surface area contributed by atoms with E-state index in [1.165, 1.54) is 0 Å². The maximum absolute atomic E-state index is 12.0. The number of H-pyrrole nitrogens is 1. The van der Waals surface area contributed by atoms with Gasteiger partial charge in [0.25, 0.3) is 5.91 Å². The fourth-order valence-electron chi connectivity index (χ4n) is 1.66. The Morgan fingerprint density at radius 1 is 1.53 bits per heavy atom. The van der Waals surface area contributed by atoms with Gasteiger partial charge in [0.2, 0.25) is 0 Å². The van der Waals surface area contributed by atoms with Crippen molar-refractivity contribution in [1.82, 2.24) is 25.7 Å². The Morgan fingerprint density at radius 3 is 2.89 bits per heavy atom. The average molecular weight is 260 g/mol. The Hall–Kier alpha value is -2.44. The molecule has 0 spiro atoms. The molecular weight excluding hydrogens is 244 g/mol. The topological polar surface area (TPSA) is 110 Å². The predicted molar refractivity (Wildman–Crippen MR) is 70.3 cm³/mol. The van der Waals surface area contributed by atoms with Crippen molar-refractivity contribution in [3.63, 3.8) is 0 Å². The van der Waals surface area contributed by atoms with Crippen LogP contribution in [0.25, 0.3) is 0 Å². The van der Waals surface area contributed by atoms with E-state index in [1.54, 1.807) is 18.3 Å². The Kier molecular flexibility index (Phi) is 3.74. The van der Waals surface area contributed by atoms with Crippen LogP contribution in [-0.4, -0.2) is 26.3 Å². The van der Waals surface area contributed by atoms with Crippen molar-refractivity contribution in [3.05, 3.63) is 35.4 Å². The maximum Gasteiger partial charge on any atom is 0.274 e. The molecule has 7 nitrogen and oxygen atoms in total. The Balaban J connectivity index is 2.05. The number of hydrogen-bond donors (Lipinski definition) is 3. The van der Waals surface area contributed by atoms with Crippen LogP contribution < -0.4 is 11.1 Å². The van der Waals surface area contributed by atoms with Crippen molar-refractivity contribution >= 4 is 11.6 Å². The number of aromatic nitrogens is 4. The molecule has 100 valence electrons. The largest absolute Gasteiger partial charge is 0.395 e. The van der Waals surface area contributed by atoms with E-state index in [9.17, 15) is 4.79 Å². The van der Waals surface area contributed by atoms with E-state index in [-0.39, 0.29) is 24.1 Å². The average Bonchev–Trinajstić information content (AvgIpc) is 2.79. The number of amides is 1. The van der Waals surface area contributed by atoms with Crippen molar-refractivity contribution in [2.75, 3.05) is 5.73 Å². The van der Waals surface area contributed by atoms with Crippen LogP contribution in [0.1, 0.15) is 41.6 Å². The van der Waals surface area contributed by atoms with Gasteiger partial charge in [-0.25, -0.2) is 0 Å². The highest BCUT2D eigenvalue weighted by atomic mass is 16.1. The normalized spacial score (nSPS) is 10.7. The zero-order valence-electron chi connectivity index (χ0n) is 10.8. The molecule has 0 fully saturated rings. The number of rotatable bonds is 4. The first kappa shape index (κ1) is 13.0. The van der Waals surface area contributed by atoms with E-state index in [0.717, 1.165) is 5.69 Å². The van der Waals surface area contributed by atoms with E-state index >= 15 is 0 Å². The van der Waals surface area contributed by atoms with Crippen LogP contribution in [0.15, 0.2) is 18.3 Å². The van der Waals surface area contributed by atoms with Gasteiger partial charge in [-0.1, -0.05) is 13.8 Å². The standard InChI is InChI=1S/C12H16N6O/c1-7(2)10-9(13)11(18-17-10)12(19)14-6-8-4-3-5-15-16-8/h3-5,7H,6,13H2,1-2H3,(H,14,19)(H,17,18). The van der Waals surface area contributed by atoms with E-state index in [0.29, 0.717) is 11.4 Å². The fourth-order valence-corrected chi connectivity index (χ4v) is 1.66. The van der Waals surface area contributed by atoms with Gasteiger partial charge in [-0.05, 0) is 18.1 Å². The first-order valence-electron chi connectivity index (χ1n) is 5.98. The maximum atomic E-state index is 12.0. The van der Waals surface area contributed by atoms with E-state index in [1.807, 2.05) is 13.8 Å². The third-order valence-electron chi connectivity index (χ3n) is 2.68. The summed E-state index contributed by atoms with van der Waals surface area (Å²) in [6.07, 6.45) is 1.58. The molecule has 0 aliphatic carbocycles. The second-order valence-electron chi connectivity index (χ2n) is 4.45. The quantitative estimate of drug-likeness (QED) is 0.754. The molecule has 0 saturated carbocycles. The van der Waals surface area contributed by atoms with Gasteiger partial charge in [-0.2, -0.15) is 15.3 Å². The van der Waals surface area contributed by atoms with Crippen LogP contribution in [0.5, 0.6) is 0 Å². The smallest absolute Gasteiger partial charge is 0.274 e.